The molecule has 1 aliphatic rings. The van der Waals surface area contributed by atoms with Gasteiger partial charge in [-0.25, -0.2) is 0 Å². The topological polar surface area (TPSA) is 9.23 Å². The van der Waals surface area contributed by atoms with Crippen molar-refractivity contribution in [3.63, 3.8) is 0 Å². The number of allylic oxidation sites excluding steroid dienone is 2. The second-order valence-corrected chi connectivity index (χ2v) is 10.2. The van der Waals surface area contributed by atoms with Gasteiger partial charge in [-0.05, 0) is 49.9 Å². The molecule has 0 fully saturated rings. The monoisotopic (exact) mass is 224 g/mol. The summed E-state index contributed by atoms with van der Waals surface area (Å²) >= 11 is 0. The van der Waals surface area contributed by atoms with Crippen molar-refractivity contribution in [2.45, 2.75) is 46.3 Å². The van der Waals surface area contributed by atoms with Crippen LogP contribution in [0, 0.1) is 11.8 Å². The zero-order valence-electron chi connectivity index (χ0n) is 10.8. The Hall–Kier alpha value is -0.503. The molecule has 1 rings (SSSR count). The molecule has 0 heterocycles. The summed E-state index contributed by atoms with van der Waals surface area (Å²) in [4.78, 5) is 0. The minimum Gasteiger partial charge on any atom is -0.545 e. The first-order chi connectivity index (χ1) is 6.79. The maximum Gasteiger partial charge on any atom is 0.242 e. The van der Waals surface area contributed by atoms with E-state index in [1.807, 2.05) is 0 Å². The second-order valence-electron chi connectivity index (χ2n) is 5.81. The molecular weight excluding hydrogens is 200 g/mol. The summed E-state index contributed by atoms with van der Waals surface area (Å²) in [5, 5.41) is 0. The van der Waals surface area contributed by atoms with Crippen molar-refractivity contribution in [3.8, 4) is 0 Å². The molecule has 0 amide bonds. The first kappa shape index (κ1) is 12.6. The largest absolute Gasteiger partial charge is 0.545 e. The molecule has 0 aromatic rings. The highest BCUT2D eigenvalue weighted by Gasteiger charge is 2.24. The summed E-state index contributed by atoms with van der Waals surface area (Å²) in [6.45, 7) is 15.3. The summed E-state index contributed by atoms with van der Waals surface area (Å²) in [5.74, 6) is 2.48. The Morgan fingerprint density at radius 1 is 1.47 bits per heavy atom. The lowest BCUT2D eigenvalue weighted by atomic mass is 9.92. The van der Waals surface area contributed by atoms with Crippen molar-refractivity contribution in [3.05, 3.63) is 24.0 Å². The molecule has 86 valence electrons. The Morgan fingerprint density at radius 3 is 2.47 bits per heavy atom. The Bertz CT molecular complexity index is 271. The maximum atomic E-state index is 5.93. The normalized spacial score (nSPS) is 21.7. The fourth-order valence-corrected chi connectivity index (χ4v) is 2.78. The van der Waals surface area contributed by atoms with Gasteiger partial charge in [-0.15, -0.1) is 0 Å². The highest BCUT2D eigenvalue weighted by atomic mass is 28.4. The molecule has 15 heavy (non-hydrogen) atoms. The van der Waals surface area contributed by atoms with E-state index in [1.165, 1.54) is 12.0 Å². The molecule has 0 unspecified atom stereocenters. The van der Waals surface area contributed by atoms with Gasteiger partial charge in [0.25, 0.3) is 0 Å². The predicted molar refractivity (Wildman–Crippen MR) is 69.2 cm³/mol. The van der Waals surface area contributed by atoms with E-state index in [4.69, 9.17) is 4.43 Å². The molecule has 1 aliphatic carbocycles. The Morgan fingerprint density at radius 2 is 2.07 bits per heavy atom. The van der Waals surface area contributed by atoms with Crippen molar-refractivity contribution < 1.29 is 4.43 Å². The van der Waals surface area contributed by atoms with E-state index in [-0.39, 0.29) is 0 Å². The summed E-state index contributed by atoms with van der Waals surface area (Å²) < 4.78 is 5.93. The highest BCUT2D eigenvalue weighted by molar-refractivity contribution is 6.70. The molecular formula is C13H24OSi. The lowest BCUT2D eigenvalue weighted by Crippen LogP contribution is -2.25. The van der Waals surface area contributed by atoms with Gasteiger partial charge < -0.3 is 4.43 Å². The van der Waals surface area contributed by atoms with E-state index in [9.17, 15) is 0 Å². The van der Waals surface area contributed by atoms with Gasteiger partial charge in [-0.1, -0.05) is 26.5 Å². The van der Waals surface area contributed by atoms with Crippen molar-refractivity contribution in [2.75, 3.05) is 0 Å². The van der Waals surface area contributed by atoms with Crippen molar-refractivity contribution in [1.82, 2.24) is 0 Å². The third-order valence-electron chi connectivity index (χ3n) is 2.88. The first-order valence-electron chi connectivity index (χ1n) is 5.87. The summed E-state index contributed by atoms with van der Waals surface area (Å²) in [7, 11) is -1.48. The summed E-state index contributed by atoms with van der Waals surface area (Å²) in [6.07, 6.45) is 4.66. The van der Waals surface area contributed by atoms with Gasteiger partial charge in [-0.2, -0.15) is 0 Å². The van der Waals surface area contributed by atoms with Gasteiger partial charge in [-0.3, -0.25) is 0 Å². The maximum absolute atomic E-state index is 5.93. The van der Waals surface area contributed by atoms with E-state index in [0.717, 1.165) is 24.0 Å². The number of rotatable bonds is 4. The van der Waals surface area contributed by atoms with Crippen LogP contribution in [-0.4, -0.2) is 8.32 Å². The number of hydrogen-bond acceptors (Lipinski definition) is 1. The molecule has 0 aliphatic heterocycles. The van der Waals surface area contributed by atoms with Crippen LogP contribution in [0.2, 0.25) is 19.6 Å². The molecule has 0 aromatic carbocycles. The Kier molecular flexibility index (Phi) is 3.82. The van der Waals surface area contributed by atoms with Gasteiger partial charge in [0, 0.05) is 0 Å². The van der Waals surface area contributed by atoms with E-state index >= 15 is 0 Å². The van der Waals surface area contributed by atoms with Crippen LogP contribution in [-0.2, 0) is 4.43 Å². The summed E-state index contributed by atoms with van der Waals surface area (Å²) in [5.41, 5.74) is 1.34. The Labute approximate surface area is 95.4 Å². The quantitative estimate of drug-likeness (QED) is 0.510. The first-order valence-corrected chi connectivity index (χ1v) is 9.28. The van der Waals surface area contributed by atoms with E-state index in [0.29, 0.717) is 0 Å². The van der Waals surface area contributed by atoms with Crippen molar-refractivity contribution in [1.29, 1.82) is 0 Å². The molecule has 1 nitrogen and oxygen atoms in total. The van der Waals surface area contributed by atoms with Crippen molar-refractivity contribution in [2.24, 2.45) is 11.8 Å². The molecule has 0 aromatic heterocycles. The smallest absolute Gasteiger partial charge is 0.242 e. The van der Waals surface area contributed by atoms with E-state index in [2.05, 4.69) is 46.1 Å². The number of hydrogen-bond donors (Lipinski definition) is 0. The third-order valence-corrected chi connectivity index (χ3v) is 3.74. The highest BCUT2D eigenvalue weighted by Crippen LogP contribution is 2.34. The molecule has 0 spiro atoms. The van der Waals surface area contributed by atoms with Gasteiger partial charge in [0.15, 0.2) is 0 Å². The van der Waals surface area contributed by atoms with Crippen LogP contribution in [0.3, 0.4) is 0 Å². The Balaban J connectivity index is 2.51. The van der Waals surface area contributed by atoms with Gasteiger partial charge in [0.1, 0.15) is 0 Å². The molecule has 2 heteroatoms. The third kappa shape index (κ3) is 3.86. The zero-order valence-corrected chi connectivity index (χ0v) is 11.8. The van der Waals surface area contributed by atoms with Gasteiger partial charge in [0.2, 0.25) is 8.32 Å². The lowest BCUT2D eigenvalue weighted by molar-refractivity contribution is 0.389. The minimum absolute atomic E-state index is 0.762. The summed E-state index contributed by atoms with van der Waals surface area (Å²) in [6, 6.07) is 0. The lowest BCUT2D eigenvalue weighted by Gasteiger charge is -2.22. The van der Waals surface area contributed by atoms with Gasteiger partial charge >= 0.3 is 0 Å². The molecule has 0 saturated heterocycles. The zero-order chi connectivity index (χ0) is 11.6. The van der Waals surface area contributed by atoms with Gasteiger partial charge in [0.05, 0.1) is 5.76 Å². The average molecular weight is 224 g/mol. The van der Waals surface area contributed by atoms with Crippen molar-refractivity contribution >= 4 is 8.32 Å². The van der Waals surface area contributed by atoms with Crippen LogP contribution in [0.15, 0.2) is 24.0 Å². The predicted octanol–water partition coefficient (Wildman–Crippen LogP) is 4.34. The molecule has 0 bridgehead atoms. The molecule has 0 N–H and O–H groups in total. The molecule has 0 saturated carbocycles. The van der Waals surface area contributed by atoms with E-state index < -0.39 is 8.32 Å². The molecule has 1 atom stereocenters. The van der Waals surface area contributed by atoms with E-state index in [1.54, 1.807) is 0 Å². The van der Waals surface area contributed by atoms with Crippen LogP contribution < -0.4 is 0 Å². The fourth-order valence-electron chi connectivity index (χ4n) is 1.91. The molecule has 0 radical (unpaired) electrons. The van der Waals surface area contributed by atoms with Crippen LogP contribution in [0.25, 0.3) is 0 Å². The average Bonchev–Trinajstić information content (AvgIpc) is 2.47. The SMILES string of the molecule is C=C(O[Si](C)(C)C)C1=CC[C@@H](C(C)C)C1. The standard InChI is InChI=1S/C13H24OSi/c1-10(2)12-7-8-13(9-12)11(3)14-15(4,5)6/h8,10,12H,3,7,9H2,1-2,4-6H3/t12-/m1/s1. The van der Waals surface area contributed by atoms with Crippen LogP contribution in [0.5, 0.6) is 0 Å². The second kappa shape index (κ2) is 4.56. The van der Waals surface area contributed by atoms with Crippen LogP contribution >= 0.6 is 0 Å². The minimum atomic E-state index is -1.48. The van der Waals surface area contributed by atoms with Crippen LogP contribution in [0.1, 0.15) is 26.7 Å². The van der Waals surface area contributed by atoms with Crippen LogP contribution in [0.4, 0.5) is 0 Å². The fraction of sp³-hybridized carbons (Fsp3) is 0.692.